The minimum absolute atomic E-state index is 0.179. The van der Waals surface area contributed by atoms with E-state index in [2.05, 4.69) is 10.6 Å². The Morgan fingerprint density at radius 3 is 2.78 bits per heavy atom. The van der Waals surface area contributed by atoms with Gasteiger partial charge in [-0.25, -0.2) is 4.79 Å². The zero-order valence-corrected chi connectivity index (χ0v) is 11.2. The lowest BCUT2D eigenvalue weighted by Crippen LogP contribution is -2.32. The first-order valence-electron chi connectivity index (χ1n) is 7.59. The first-order valence-corrected chi connectivity index (χ1v) is 7.59. The highest BCUT2D eigenvalue weighted by Crippen LogP contribution is 2.30. The molecule has 2 saturated heterocycles. The van der Waals surface area contributed by atoms with Crippen molar-refractivity contribution < 1.29 is 4.79 Å². The third kappa shape index (κ3) is 2.63. The van der Waals surface area contributed by atoms with E-state index < -0.39 is 0 Å². The van der Waals surface area contributed by atoms with E-state index in [1.807, 2.05) is 4.90 Å². The Morgan fingerprint density at radius 1 is 1.22 bits per heavy atom. The molecule has 2 unspecified atom stereocenters. The first-order chi connectivity index (χ1) is 8.83. The van der Waals surface area contributed by atoms with E-state index in [0.717, 1.165) is 44.4 Å². The molecule has 1 aliphatic carbocycles. The molecule has 2 heterocycles. The van der Waals surface area contributed by atoms with E-state index in [1.54, 1.807) is 0 Å². The molecule has 2 atom stereocenters. The highest BCUT2D eigenvalue weighted by atomic mass is 16.2. The fourth-order valence-electron chi connectivity index (χ4n) is 3.73. The van der Waals surface area contributed by atoms with Gasteiger partial charge in [0.25, 0.3) is 0 Å². The molecular formula is C14H25N3O. The topological polar surface area (TPSA) is 44.4 Å². The second kappa shape index (κ2) is 5.47. The molecule has 4 heteroatoms. The van der Waals surface area contributed by atoms with E-state index in [9.17, 15) is 4.79 Å². The van der Waals surface area contributed by atoms with Crippen LogP contribution in [0, 0.1) is 11.8 Å². The van der Waals surface area contributed by atoms with Crippen molar-refractivity contribution in [2.24, 2.45) is 11.8 Å². The first kappa shape index (κ1) is 12.3. The molecule has 0 aromatic rings. The van der Waals surface area contributed by atoms with Crippen molar-refractivity contribution in [1.82, 2.24) is 15.5 Å². The molecule has 3 fully saturated rings. The third-order valence-electron chi connectivity index (χ3n) is 4.95. The Labute approximate surface area is 109 Å². The standard InChI is InChI=1S/C14H25N3O/c18-14-16-13(12-3-1-2-4-12)10-17(14)8-6-11-5-7-15-9-11/h11-13,15H,1-10H2,(H,16,18). The molecule has 0 aromatic carbocycles. The zero-order valence-electron chi connectivity index (χ0n) is 11.2. The summed E-state index contributed by atoms with van der Waals surface area (Å²) in [6.45, 7) is 4.19. The summed E-state index contributed by atoms with van der Waals surface area (Å²) in [5, 5.41) is 6.59. The monoisotopic (exact) mass is 251 g/mol. The Kier molecular flexibility index (Phi) is 3.73. The Bertz CT molecular complexity index is 295. The summed E-state index contributed by atoms with van der Waals surface area (Å²) in [6, 6.07) is 0.611. The van der Waals surface area contributed by atoms with Gasteiger partial charge >= 0.3 is 6.03 Å². The van der Waals surface area contributed by atoms with Crippen LogP contribution in [-0.2, 0) is 0 Å². The number of carbonyl (C=O) groups is 1. The molecule has 2 N–H and O–H groups in total. The Morgan fingerprint density at radius 2 is 2.06 bits per heavy atom. The minimum Gasteiger partial charge on any atom is -0.333 e. The largest absolute Gasteiger partial charge is 0.333 e. The molecule has 102 valence electrons. The SMILES string of the molecule is O=C1NC(C2CCCC2)CN1CCC1CCNC1. The van der Waals surface area contributed by atoms with Crippen LogP contribution in [-0.4, -0.2) is 43.2 Å². The van der Waals surface area contributed by atoms with Crippen molar-refractivity contribution in [3.63, 3.8) is 0 Å². The third-order valence-corrected chi connectivity index (χ3v) is 4.95. The number of amides is 2. The maximum absolute atomic E-state index is 11.9. The number of urea groups is 1. The predicted molar refractivity (Wildman–Crippen MR) is 71.4 cm³/mol. The summed E-state index contributed by atoms with van der Waals surface area (Å²) in [6.07, 6.45) is 7.77. The minimum atomic E-state index is 0.179. The molecule has 2 aliphatic heterocycles. The molecule has 1 saturated carbocycles. The van der Waals surface area contributed by atoms with Gasteiger partial charge < -0.3 is 15.5 Å². The number of rotatable bonds is 4. The maximum atomic E-state index is 11.9. The summed E-state index contributed by atoms with van der Waals surface area (Å²) in [4.78, 5) is 14.0. The summed E-state index contributed by atoms with van der Waals surface area (Å²) in [7, 11) is 0. The molecule has 4 nitrogen and oxygen atoms in total. The van der Waals surface area contributed by atoms with Gasteiger partial charge in [-0.15, -0.1) is 0 Å². The van der Waals surface area contributed by atoms with Crippen LogP contribution in [0.2, 0.25) is 0 Å². The van der Waals surface area contributed by atoms with Crippen LogP contribution in [0.15, 0.2) is 0 Å². The molecule has 18 heavy (non-hydrogen) atoms. The van der Waals surface area contributed by atoms with E-state index >= 15 is 0 Å². The second-order valence-corrected chi connectivity index (χ2v) is 6.19. The van der Waals surface area contributed by atoms with Gasteiger partial charge in [0.15, 0.2) is 0 Å². The van der Waals surface area contributed by atoms with Crippen LogP contribution < -0.4 is 10.6 Å². The van der Waals surface area contributed by atoms with E-state index in [-0.39, 0.29) is 6.03 Å². The fraction of sp³-hybridized carbons (Fsp3) is 0.929. The second-order valence-electron chi connectivity index (χ2n) is 6.19. The van der Waals surface area contributed by atoms with Gasteiger partial charge in [-0.3, -0.25) is 0 Å². The number of hydrogen-bond donors (Lipinski definition) is 2. The molecule has 0 radical (unpaired) electrons. The lowest BCUT2D eigenvalue weighted by molar-refractivity contribution is 0.214. The van der Waals surface area contributed by atoms with Gasteiger partial charge in [0.1, 0.15) is 0 Å². The van der Waals surface area contributed by atoms with Crippen LogP contribution in [0.4, 0.5) is 4.79 Å². The van der Waals surface area contributed by atoms with Crippen molar-refractivity contribution >= 4 is 6.03 Å². The predicted octanol–water partition coefficient (Wildman–Crippen LogP) is 1.57. The van der Waals surface area contributed by atoms with E-state index in [4.69, 9.17) is 0 Å². The van der Waals surface area contributed by atoms with Crippen LogP contribution in [0.5, 0.6) is 0 Å². The van der Waals surface area contributed by atoms with Gasteiger partial charge in [-0.05, 0) is 50.6 Å². The summed E-state index contributed by atoms with van der Waals surface area (Å²) in [5.74, 6) is 1.52. The molecule has 3 rings (SSSR count). The number of nitrogens with one attached hydrogen (secondary N) is 2. The van der Waals surface area contributed by atoms with E-state index in [0.29, 0.717) is 6.04 Å². The average molecular weight is 251 g/mol. The highest BCUT2D eigenvalue weighted by Gasteiger charge is 2.35. The molecule has 3 aliphatic rings. The lowest BCUT2D eigenvalue weighted by Gasteiger charge is -2.19. The van der Waals surface area contributed by atoms with Crippen molar-refractivity contribution in [2.75, 3.05) is 26.2 Å². The number of nitrogens with zero attached hydrogens (tertiary/aromatic N) is 1. The van der Waals surface area contributed by atoms with Crippen LogP contribution in [0.1, 0.15) is 38.5 Å². The van der Waals surface area contributed by atoms with Gasteiger partial charge in [-0.2, -0.15) is 0 Å². The quantitative estimate of drug-likeness (QED) is 0.796. The van der Waals surface area contributed by atoms with Gasteiger partial charge in [0.2, 0.25) is 0 Å². The van der Waals surface area contributed by atoms with Gasteiger partial charge in [-0.1, -0.05) is 12.8 Å². The lowest BCUT2D eigenvalue weighted by atomic mass is 9.99. The van der Waals surface area contributed by atoms with Crippen molar-refractivity contribution in [1.29, 1.82) is 0 Å². The Hall–Kier alpha value is -0.770. The molecular weight excluding hydrogens is 226 g/mol. The summed E-state index contributed by atoms with van der Waals surface area (Å²) in [5.41, 5.74) is 0. The van der Waals surface area contributed by atoms with Crippen molar-refractivity contribution in [3.05, 3.63) is 0 Å². The molecule has 0 bridgehead atoms. The number of hydrogen-bond acceptors (Lipinski definition) is 2. The van der Waals surface area contributed by atoms with Crippen molar-refractivity contribution in [3.8, 4) is 0 Å². The fourth-order valence-corrected chi connectivity index (χ4v) is 3.73. The number of carbonyl (C=O) groups excluding carboxylic acids is 1. The maximum Gasteiger partial charge on any atom is 0.317 e. The molecule has 2 amide bonds. The zero-order chi connectivity index (χ0) is 12.4. The smallest absolute Gasteiger partial charge is 0.317 e. The van der Waals surface area contributed by atoms with Crippen LogP contribution >= 0.6 is 0 Å². The molecule has 0 spiro atoms. The van der Waals surface area contributed by atoms with Crippen LogP contribution in [0.3, 0.4) is 0 Å². The van der Waals surface area contributed by atoms with Crippen molar-refractivity contribution in [2.45, 2.75) is 44.6 Å². The van der Waals surface area contributed by atoms with Gasteiger partial charge in [0.05, 0.1) is 6.04 Å². The normalized spacial score (nSPS) is 33.3. The summed E-state index contributed by atoms with van der Waals surface area (Å²) < 4.78 is 0. The highest BCUT2D eigenvalue weighted by molar-refractivity contribution is 5.76. The average Bonchev–Trinajstić information content (AvgIpc) is 3.09. The Balaban J connectivity index is 1.46. The van der Waals surface area contributed by atoms with Gasteiger partial charge in [0, 0.05) is 13.1 Å². The van der Waals surface area contributed by atoms with Crippen LogP contribution in [0.25, 0.3) is 0 Å². The van der Waals surface area contributed by atoms with E-state index in [1.165, 1.54) is 32.1 Å². The summed E-state index contributed by atoms with van der Waals surface area (Å²) >= 11 is 0. The molecule has 0 aromatic heterocycles.